The quantitative estimate of drug-likeness (QED) is 0.820. The van der Waals surface area contributed by atoms with Crippen LogP contribution < -0.4 is 10.7 Å². The molecule has 0 saturated carbocycles. The molecular formula is C12H14N4O2. The topological polar surface area (TPSA) is 79.8 Å². The van der Waals surface area contributed by atoms with Gasteiger partial charge >= 0.3 is 0 Å². The zero-order valence-corrected chi connectivity index (χ0v) is 10.2. The second-order valence-electron chi connectivity index (χ2n) is 4.06. The Morgan fingerprint density at radius 1 is 1.56 bits per heavy atom. The van der Waals surface area contributed by atoms with E-state index in [9.17, 15) is 9.59 Å². The maximum absolute atomic E-state index is 11.8. The highest BCUT2D eigenvalue weighted by Gasteiger charge is 2.10. The number of amides is 1. The standard InChI is InChI=1S/C12H14N4O2/c1-8-5-11(17)10(7-13-8)12(18)14-6-9-3-4-16(2)15-9/h3-5,7H,6H2,1-2H3,(H,13,17)(H,14,18). The Balaban J connectivity index is 2.06. The van der Waals surface area contributed by atoms with Crippen molar-refractivity contribution in [2.24, 2.45) is 7.05 Å². The first-order valence-corrected chi connectivity index (χ1v) is 5.52. The Kier molecular flexibility index (Phi) is 3.27. The average molecular weight is 246 g/mol. The number of rotatable bonds is 3. The van der Waals surface area contributed by atoms with Crippen LogP contribution in [0.2, 0.25) is 0 Å². The third-order valence-electron chi connectivity index (χ3n) is 2.50. The predicted octanol–water partition coefficient (Wildman–Crippen LogP) is 0.347. The van der Waals surface area contributed by atoms with E-state index in [0.717, 1.165) is 11.4 Å². The lowest BCUT2D eigenvalue weighted by molar-refractivity contribution is 0.0949. The molecule has 1 amide bonds. The van der Waals surface area contributed by atoms with Gasteiger partial charge in [-0.1, -0.05) is 0 Å². The lowest BCUT2D eigenvalue weighted by Crippen LogP contribution is -2.28. The highest BCUT2D eigenvalue weighted by molar-refractivity contribution is 5.93. The molecule has 2 aromatic rings. The van der Waals surface area contributed by atoms with Crippen molar-refractivity contribution in [1.82, 2.24) is 20.1 Å². The second-order valence-corrected chi connectivity index (χ2v) is 4.06. The fourth-order valence-electron chi connectivity index (χ4n) is 1.57. The Morgan fingerprint density at radius 2 is 2.33 bits per heavy atom. The van der Waals surface area contributed by atoms with E-state index in [1.807, 2.05) is 0 Å². The smallest absolute Gasteiger partial charge is 0.257 e. The van der Waals surface area contributed by atoms with Gasteiger partial charge in [0, 0.05) is 31.2 Å². The number of nitrogens with zero attached hydrogens (tertiary/aromatic N) is 2. The first kappa shape index (κ1) is 12.1. The molecule has 0 fully saturated rings. The molecule has 6 heteroatoms. The number of H-pyrrole nitrogens is 1. The number of hydrogen-bond donors (Lipinski definition) is 2. The van der Waals surface area contributed by atoms with Gasteiger partial charge in [0.25, 0.3) is 5.91 Å². The molecule has 0 saturated heterocycles. The van der Waals surface area contributed by atoms with E-state index in [4.69, 9.17) is 0 Å². The minimum atomic E-state index is -0.401. The zero-order valence-electron chi connectivity index (χ0n) is 10.2. The van der Waals surface area contributed by atoms with Crippen molar-refractivity contribution < 1.29 is 4.79 Å². The van der Waals surface area contributed by atoms with Crippen molar-refractivity contribution in [3.63, 3.8) is 0 Å². The van der Waals surface area contributed by atoms with Gasteiger partial charge in [0.2, 0.25) is 0 Å². The molecule has 0 radical (unpaired) electrons. The molecule has 2 rings (SSSR count). The minimum Gasteiger partial charge on any atom is -0.364 e. The molecule has 2 heterocycles. The van der Waals surface area contributed by atoms with Crippen molar-refractivity contribution in [1.29, 1.82) is 0 Å². The lowest BCUT2D eigenvalue weighted by Gasteiger charge is -2.03. The third-order valence-corrected chi connectivity index (χ3v) is 2.50. The number of nitrogens with one attached hydrogen (secondary N) is 2. The summed E-state index contributed by atoms with van der Waals surface area (Å²) in [5.41, 5.74) is 1.29. The molecule has 0 aromatic carbocycles. The van der Waals surface area contributed by atoms with E-state index < -0.39 is 5.91 Å². The number of hydrogen-bond acceptors (Lipinski definition) is 3. The Hall–Kier alpha value is -2.37. The summed E-state index contributed by atoms with van der Waals surface area (Å²) in [6.07, 6.45) is 3.21. The second kappa shape index (κ2) is 4.87. The third kappa shape index (κ3) is 2.65. The largest absolute Gasteiger partial charge is 0.364 e. The summed E-state index contributed by atoms with van der Waals surface area (Å²) in [4.78, 5) is 26.2. The van der Waals surface area contributed by atoms with Crippen molar-refractivity contribution in [2.75, 3.05) is 0 Å². The van der Waals surface area contributed by atoms with Crippen LogP contribution in [0, 0.1) is 6.92 Å². The number of carbonyl (C=O) groups excluding carboxylic acids is 1. The molecule has 0 aliphatic rings. The molecule has 2 aromatic heterocycles. The Labute approximate surface area is 104 Å². The minimum absolute atomic E-state index is 0.108. The number of pyridine rings is 1. The molecule has 0 spiro atoms. The van der Waals surface area contributed by atoms with Crippen LogP contribution in [0.25, 0.3) is 0 Å². The summed E-state index contributed by atoms with van der Waals surface area (Å²) in [7, 11) is 1.80. The molecular weight excluding hydrogens is 232 g/mol. The molecule has 0 aliphatic heterocycles. The van der Waals surface area contributed by atoms with Gasteiger partial charge in [0.1, 0.15) is 5.56 Å². The van der Waals surface area contributed by atoms with Crippen LogP contribution in [0.3, 0.4) is 0 Å². The van der Waals surface area contributed by atoms with Crippen LogP contribution >= 0.6 is 0 Å². The number of aryl methyl sites for hydroxylation is 2. The van der Waals surface area contributed by atoms with Crippen molar-refractivity contribution in [2.45, 2.75) is 13.5 Å². The summed E-state index contributed by atoms with van der Waals surface area (Å²) in [5, 5.41) is 6.78. The molecule has 0 bridgehead atoms. The van der Waals surface area contributed by atoms with Crippen molar-refractivity contribution in [3.8, 4) is 0 Å². The maximum Gasteiger partial charge on any atom is 0.257 e. The number of aromatic amines is 1. The van der Waals surface area contributed by atoms with Gasteiger partial charge < -0.3 is 10.3 Å². The summed E-state index contributed by atoms with van der Waals surface area (Å²) in [6.45, 7) is 2.06. The molecule has 0 unspecified atom stereocenters. The first-order valence-electron chi connectivity index (χ1n) is 5.52. The molecule has 2 N–H and O–H groups in total. The van der Waals surface area contributed by atoms with E-state index in [0.29, 0.717) is 6.54 Å². The molecule has 6 nitrogen and oxygen atoms in total. The van der Waals surface area contributed by atoms with Crippen molar-refractivity contribution in [3.05, 3.63) is 51.7 Å². The van der Waals surface area contributed by atoms with E-state index in [2.05, 4.69) is 15.4 Å². The van der Waals surface area contributed by atoms with Gasteiger partial charge in [-0.3, -0.25) is 14.3 Å². The van der Waals surface area contributed by atoms with Gasteiger partial charge in [-0.25, -0.2) is 0 Å². The average Bonchev–Trinajstić information content (AvgIpc) is 2.72. The highest BCUT2D eigenvalue weighted by atomic mass is 16.2. The molecule has 0 atom stereocenters. The summed E-state index contributed by atoms with van der Waals surface area (Å²) < 4.78 is 1.65. The normalized spacial score (nSPS) is 10.3. The SMILES string of the molecule is Cc1cc(=O)c(C(=O)NCc2ccn(C)n2)c[nH]1. The van der Waals surface area contributed by atoms with Gasteiger partial charge in [0.15, 0.2) is 5.43 Å². The zero-order chi connectivity index (χ0) is 13.1. The number of carbonyl (C=O) groups is 1. The fourth-order valence-corrected chi connectivity index (χ4v) is 1.57. The monoisotopic (exact) mass is 246 g/mol. The summed E-state index contributed by atoms with van der Waals surface area (Å²) in [6, 6.07) is 3.20. The Morgan fingerprint density at radius 3 is 2.94 bits per heavy atom. The van der Waals surface area contributed by atoms with E-state index >= 15 is 0 Å². The van der Waals surface area contributed by atoms with Crippen LogP contribution in [0.5, 0.6) is 0 Å². The Bertz CT molecular complexity index is 627. The highest BCUT2D eigenvalue weighted by Crippen LogP contribution is 1.96. The van der Waals surface area contributed by atoms with Crippen LogP contribution in [-0.2, 0) is 13.6 Å². The van der Waals surface area contributed by atoms with Crippen LogP contribution in [0.1, 0.15) is 21.7 Å². The lowest BCUT2D eigenvalue weighted by atomic mass is 10.2. The van der Waals surface area contributed by atoms with E-state index in [1.54, 1.807) is 30.9 Å². The maximum atomic E-state index is 11.8. The molecule has 0 aliphatic carbocycles. The first-order chi connectivity index (χ1) is 8.56. The van der Waals surface area contributed by atoms with Crippen LogP contribution in [0.4, 0.5) is 0 Å². The summed E-state index contributed by atoms with van der Waals surface area (Å²) >= 11 is 0. The summed E-state index contributed by atoms with van der Waals surface area (Å²) in [5.74, 6) is -0.401. The van der Waals surface area contributed by atoms with E-state index in [1.165, 1.54) is 12.3 Å². The van der Waals surface area contributed by atoms with Gasteiger partial charge in [0.05, 0.1) is 12.2 Å². The van der Waals surface area contributed by atoms with Gasteiger partial charge in [-0.15, -0.1) is 0 Å². The predicted molar refractivity (Wildman–Crippen MR) is 66.2 cm³/mol. The van der Waals surface area contributed by atoms with E-state index in [-0.39, 0.29) is 11.0 Å². The number of aromatic nitrogens is 3. The molecule has 94 valence electrons. The fraction of sp³-hybridized carbons (Fsp3) is 0.250. The van der Waals surface area contributed by atoms with Gasteiger partial charge in [-0.2, -0.15) is 5.10 Å². The molecule has 18 heavy (non-hydrogen) atoms. The van der Waals surface area contributed by atoms with Gasteiger partial charge in [-0.05, 0) is 13.0 Å². The van der Waals surface area contributed by atoms with Crippen LogP contribution in [-0.4, -0.2) is 20.7 Å². The van der Waals surface area contributed by atoms with Crippen LogP contribution in [0.15, 0.2) is 29.3 Å². The van der Waals surface area contributed by atoms with Crippen molar-refractivity contribution >= 4 is 5.91 Å².